The normalized spacial score (nSPS) is 17.8. The smallest absolute Gasteiger partial charge is 0.171 e. The molecule has 0 aliphatic carbocycles. The first-order chi connectivity index (χ1) is 5.38. The van der Waals surface area contributed by atoms with Gasteiger partial charge < -0.3 is 9.73 Å². The number of furan rings is 1. The molecule has 1 saturated heterocycles. The summed E-state index contributed by atoms with van der Waals surface area (Å²) in [7, 11) is 0. The number of carbonyl (C=O) groups excluding carboxylic acids is 1. The third-order valence-corrected chi connectivity index (χ3v) is 1.96. The zero-order valence-electron chi connectivity index (χ0n) is 6.04. The molecule has 0 spiro atoms. The van der Waals surface area contributed by atoms with Crippen molar-refractivity contribution in [3.63, 3.8) is 0 Å². The lowest BCUT2D eigenvalue weighted by Crippen LogP contribution is -2.46. The van der Waals surface area contributed by atoms with Gasteiger partial charge in [0.05, 0.1) is 11.8 Å². The molecule has 2 rings (SSSR count). The molecule has 0 aromatic carbocycles. The summed E-state index contributed by atoms with van der Waals surface area (Å²) in [6.07, 6.45) is 3.03. The molecule has 11 heavy (non-hydrogen) atoms. The first-order valence-corrected chi connectivity index (χ1v) is 3.65. The quantitative estimate of drug-likeness (QED) is 0.632. The van der Waals surface area contributed by atoms with E-state index in [1.807, 2.05) is 0 Å². The van der Waals surface area contributed by atoms with Crippen LogP contribution < -0.4 is 5.32 Å². The lowest BCUT2D eigenvalue weighted by molar-refractivity contribution is 0.0877. The average molecular weight is 151 g/mol. The van der Waals surface area contributed by atoms with Gasteiger partial charge in [0.1, 0.15) is 6.26 Å². The Kier molecular flexibility index (Phi) is 1.51. The van der Waals surface area contributed by atoms with E-state index in [1.165, 1.54) is 12.5 Å². The Morgan fingerprint density at radius 2 is 2.45 bits per heavy atom. The fraction of sp³-hybridized carbons (Fsp3) is 0.375. The first kappa shape index (κ1) is 6.61. The van der Waals surface area contributed by atoms with Gasteiger partial charge in [-0.25, -0.2) is 0 Å². The Balaban J connectivity index is 2.10. The number of nitrogens with one attached hydrogen (secondary N) is 1. The highest BCUT2D eigenvalue weighted by atomic mass is 16.3. The van der Waals surface area contributed by atoms with Crippen LogP contribution >= 0.6 is 0 Å². The number of rotatable bonds is 2. The second-order valence-corrected chi connectivity index (χ2v) is 2.73. The standard InChI is InChI=1S/C8H9NO2/c10-8(7-3-9-4-7)6-1-2-11-5-6/h1-2,5,7,9H,3-4H2. The lowest BCUT2D eigenvalue weighted by Gasteiger charge is -2.24. The molecule has 1 fully saturated rings. The van der Waals surface area contributed by atoms with E-state index in [-0.39, 0.29) is 11.7 Å². The predicted octanol–water partition coefficient (Wildman–Crippen LogP) is 0.682. The van der Waals surface area contributed by atoms with Crippen LogP contribution in [0.15, 0.2) is 23.0 Å². The van der Waals surface area contributed by atoms with Crippen LogP contribution in [0.3, 0.4) is 0 Å². The first-order valence-electron chi connectivity index (χ1n) is 3.65. The van der Waals surface area contributed by atoms with Crippen molar-refractivity contribution in [1.82, 2.24) is 5.32 Å². The Labute approximate surface area is 64.4 Å². The van der Waals surface area contributed by atoms with Crippen molar-refractivity contribution in [1.29, 1.82) is 0 Å². The molecule has 58 valence electrons. The third-order valence-electron chi connectivity index (χ3n) is 1.96. The van der Waals surface area contributed by atoms with Gasteiger partial charge in [0.25, 0.3) is 0 Å². The molecule has 3 nitrogen and oxygen atoms in total. The Bertz CT molecular complexity index is 249. The van der Waals surface area contributed by atoms with Crippen molar-refractivity contribution in [3.05, 3.63) is 24.2 Å². The zero-order chi connectivity index (χ0) is 7.68. The SMILES string of the molecule is O=C(c1ccoc1)C1CNC1. The summed E-state index contributed by atoms with van der Waals surface area (Å²) in [5.41, 5.74) is 0.691. The van der Waals surface area contributed by atoms with E-state index in [0.29, 0.717) is 5.56 Å². The summed E-state index contributed by atoms with van der Waals surface area (Å²) in [6, 6.07) is 1.71. The molecule has 1 aromatic heterocycles. The minimum atomic E-state index is 0.174. The molecule has 1 aliphatic heterocycles. The summed E-state index contributed by atoms with van der Waals surface area (Å²) >= 11 is 0. The highest BCUT2D eigenvalue weighted by molar-refractivity contribution is 5.98. The Morgan fingerprint density at radius 1 is 1.64 bits per heavy atom. The van der Waals surface area contributed by atoms with Crippen molar-refractivity contribution in [3.8, 4) is 0 Å². The van der Waals surface area contributed by atoms with Crippen LogP contribution in [0.25, 0.3) is 0 Å². The summed E-state index contributed by atoms with van der Waals surface area (Å²) in [5, 5.41) is 3.05. The van der Waals surface area contributed by atoms with E-state index >= 15 is 0 Å². The van der Waals surface area contributed by atoms with E-state index in [9.17, 15) is 4.79 Å². The zero-order valence-corrected chi connectivity index (χ0v) is 6.04. The number of carbonyl (C=O) groups is 1. The van der Waals surface area contributed by atoms with Crippen LogP contribution in [-0.4, -0.2) is 18.9 Å². The largest absolute Gasteiger partial charge is 0.472 e. The summed E-state index contributed by atoms with van der Waals surface area (Å²) in [6.45, 7) is 1.62. The van der Waals surface area contributed by atoms with Crippen LogP contribution in [0.1, 0.15) is 10.4 Å². The molecule has 0 amide bonds. The molecule has 2 heterocycles. The van der Waals surface area contributed by atoms with Gasteiger partial charge in [0, 0.05) is 19.0 Å². The van der Waals surface area contributed by atoms with E-state index in [2.05, 4.69) is 5.32 Å². The van der Waals surface area contributed by atoms with Gasteiger partial charge in [0.2, 0.25) is 0 Å². The van der Waals surface area contributed by atoms with Crippen LogP contribution in [0.2, 0.25) is 0 Å². The van der Waals surface area contributed by atoms with E-state index in [1.54, 1.807) is 6.07 Å². The molecule has 1 aliphatic rings. The van der Waals surface area contributed by atoms with Gasteiger partial charge in [-0.05, 0) is 6.07 Å². The number of hydrogen-bond donors (Lipinski definition) is 1. The van der Waals surface area contributed by atoms with Crippen LogP contribution in [0, 0.1) is 5.92 Å². The predicted molar refractivity (Wildman–Crippen MR) is 39.4 cm³/mol. The van der Waals surface area contributed by atoms with Gasteiger partial charge in [-0.3, -0.25) is 4.79 Å². The highest BCUT2D eigenvalue weighted by Gasteiger charge is 2.26. The molecule has 0 radical (unpaired) electrons. The molecule has 1 aromatic rings. The summed E-state index contributed by atoms with van der Waals surface area (Å²) in [5.74, 6) is 0.366. The third kappa shape index (κ3) is 1.07. The number of Topliss-reactive ketones (excluding diaryl/α,β-unsaturated/α-hetero) is 1. The van der Waals surface area contributed by atoms with Crippen LogP contribution in [0.5, 0.6) is 0 Å². The highest BCUT2D eigenvalue weighted by Crippen LogP contribution is 2.12. The lowest BCUT2D eigenvalue weighted by atomic mass is 9.94. The van der Waals surface area contributed by atoms with Crippen molar-refractivity contribution in [2.75, 3.05) is 13.1 Å². The molecule has 0 unspecified atom stereocenters. The number of hydrogen-bond acceptors (Lipinski definition) is 3. The summed E-state index contributed by atoms with van der Waals surface area (Å²) in [4.78, 5) is 11.4. The van der Waals surface area contributed by atoms with Crippen LogP contribution in [0.4, 0.5) is 0 Å². The second-order valence-electron chi connectivity index (χ2n) is 2.73. The Morgan fingerprint density at radius 3 is 2.91 bits per heavy atom. The van der Waals surface area contributed by atoms with Gasteiger partial charge in [0.15, 0.2) is 5.78 Å². The monoisotopic (exact) mass is 151 g/mol. The fourth-order valence-electron chi connectivity index (χ4n) is 1.11. The van der Waals surface area contributed by atoms with E-state index in [0.717, 1.165) is 13.1 Å². The van der Waals surface area contributed by atoms with Crippen LogP contribution in [-0.2, 0) is 0 Å². The molecule has 0 saturated carbocycles. The van der Waals surface area contributed by atoms with Crippen molar-refractivity contribution in [2.24, 2.45) is 5.92 Å². The Hall–Kier alpha value is -1.09. The maximum absolute atomic E-state index is 11.4. The van der Waals surface area contributed by atoms with E-state index < -0.39 is 0 Å². The van der Waals surface area contributed by atoms with Crippen molar-refractivity contribution < 1.29 is 9.21 Å². The molecular formula is C8H9NO2. The minimum absolute atomic E-state index is 0.174. The van der Waals surface area contributed by atoms with Crippen molar-refractivity contribution >= 4 is 5.78 Å². The molecule has 0 bridgehead atoms. The average Bonchev–Trinajstić information content (AvgIpc) is 2.32. The molecule has 3 heteroatoms. The van der Waals surface area contributed by atoms with Gasteiger partial charge in [-0.1, -0.05) is 0 Å². The molecule has 1 N–H and O–H groups in total. The second kappa shape index (κ2) is 2.51. The summed E-state index contributed by atoms with van der Waals surface area (Å²) < 4.78 is 4.81. The maximum atomic E-state index is 11.4. The number of ketones is 1. The fourth-order valence-corrected chi connectivity index (χ4v) is 1.11. The van der Waals surface area contributed by atoms with Gasteiger partial charge >= 0.3 is 0 Å². The maximum Gasteiger partial charge on any atom is 0.171 e. The van der Waals surface area contributed by atoms with Crippen molar-refractivity contribution in [2.45, 2.75) is 0 Å². The van der Waals surface area contributed by atoms with E-state index in [4.69, 9.17) is 4.42 Å². The topological polar surface area (TPSA) is 42.2 Å². The minimum Gasteiger partial charge on any atom is -0.472 e. The molecular weight excluding hydrogens is 142 g/mol. The van der Waals surface area contributed by atoms with Gasteiger partial charge in [-0.15, -0.1) is 0 Å². The molecule has 0 atom stereocenters. The van der Waals surface area contributed by atoms with Gasteiger partial charge in [-0.2, -0.15) is 0 Å².